The Morgan fingerprint density at radius 3 is 2.08 bits per heavy atom. The van der Waals surface area contributed by atoms with E-state index in [1.807, 2.05) is 51.1 Å². The van der Waals surface area contributed by atoms with Gasteiger partial charge in [0.05, 0.1) is 0 Å². The first kappa shape index (κ1) is 32.9. The monoisotopic (exact) mass is 562 g/mol. The minimum atomic E-state index is -0.932. The molecular formula is C30H46N2O8. The van der Waals surface area contributed by atoms with Crippen LogP contribution in [0, 0.1) is 5.41 Å². The van der Waals surface area contributed by atoms with Gasteiger partial charge in [0.15, 0.2) is 6.23 Å². The molecule has 0 bridgehead atoms. The summed E-state index contributed by atoms with van der Waals surface area (Å²) in [5.41, 5.74) is -1.17. The molecule has 0 unspecified atom stereocenters. The molecule has 0 radical (unpaired) electrons. The van der Waals surface area contributed by atoms with Gasteiger partial charge >= 0.3 is 24.1 Å². The molecule has 0 aromatic heterocycles. The fourth-order valence-corrected chi connectivity index (χ4v) is 4.15. The zero-order valence-corrected chi connectivity index (χ0v) is 25.4. The summed E-state index contributed by atoms with van der Waals surface area (Å²) in [6, 6.07) is 7.53. The van der Waals surface area contributed by atoms with Crippen molar-refractivity contribution < 1.29 is 38.1 Å². The molecule has 2 rings (SSSR count). The van der Waals surface area contributed by atoms with Gasteiger partial charge in [-0.1, -0.05) is 63.9 Å². The molecule has 40 heavy (non-hydrogen) atoms. The van der Waals surface area contributed by atoms with E-state index in [0.29, 0.717) is 19.3 Å². The van der Waals surface area contributed by atoms with E-state index in [1.165, 1.54) is 4.90 Å². The first-order valence-electron chi connectivity index (χ1n) is 13.8. The van der Waals surface area contributed by atoms with Gasteiger partial charge in [0, 0.05) is 5.41 Å². The third-order valence-corrected chi connectivity index (χ3v) is 5.85. The summed E-state index contributed by atoms with van der Waals surface area (Å²) >= 11 is 0. The molecule has 0 saturated carbocycles. The van der Waals surface area contributed by atoms with Crippen LogP contribution in [0.25, 0.3) is 0 Å². The van der Waals surface area contributed by atoms with Gasteiger partial charge in [-0.2, -0.15) is 0 Å². The average Bonchev–Trinajstić information content (AvgIpc) is 3.14. The second kappa shape index (κ2) is 13.4. The van der Waals surface area contributed by atoms with Gasteiger partial charge in [0.25, 0.3) is 0 Å². The Morgan fingerprint density at radius 2 is 1.52 bits per heavy atom. The first-order chi connectivity index (χ1) is 18.4. The maximum Gasteiger partial charge on any atom is 0.413 e. The summed E-state index contributed by atoms with van der Waals surface area (Å²) in [7, 11) is 0. The third-order valence-electron chi connectivity index (χ3n) is 5.85. The number of hydrogen-bond acceptors (Lipinski definition) is 8. The van der Waals surface area contributed by atoms with Crippen LogP contribution in [0.4, 0.5) is 9.59 Å². The van der Waals surface area contributed by atoms with Crippen LogP contribution in [0.1, 0.15) is 93.6 Å². The number of carbonyl (C=O) groups is 4. The Labute approximate surface area is 238 Å². The number of esters is 2. The van der Waals surface area contributed by atoms with E-state index < -0.39 is 59.1 Å². The standard InChI is InChI=1S/C30H46N2O8/c1-28(2,3)25-32(27(36)37-19-20-15-11-10-12-16-20)22(24(34)38-25)18-14-13-17-21(23(33)39-29(4,5)6)31-26(35)40-30(7,8)9/h10-12,15-16,21-22,25H,13-14,17-19H2,1-9H3,(H,31,35)/t21-,22-,25-/m0/s1. The highest BCUT2D eigenvalue weighted by Gasteiger charge is 2.50. The number of alkyl carbamates (subject to hydrolysis) is 1. The molecular weight excluding hydrogens is 516 g/mol. The minimum Gasteiger partial charge on any atom is -0.458 e. The van der Waals surface area contributed by atoms with Crippen LogP contribution in [0.5, 0.6) is 0 Å². The summed E-state index contributed by atoms with van der Waals surface area (Å²) in [6.45, 7) is 16.2. The molecule has 10 nitrogen and oxygen atoms in total. The lowest BCUT2D eigenvalue weighted by Crippen LogP contribution is -2.48. The Kier molecular flexibility index (Phi) is 11.0. The molecule has 1 aliphatic heterocycles. The van der Waals surface area contributed by atoms with Gasteiger partial charge < -0.3 is 24.3 Å². The molecule has 10 heteroatoms. The maximum absolute atomic E-state index is 13.2. The fraction of sp³-hybridized carbons (Fsp3) is 0.667. The number of nitrogens with zero attached hydrogens (tertiary/aromatic N) is 1. The van der Waals surface area contributed by atoms with Gasteiger partial charge in [-0.3, -0.25) is 4.90 Å². The normalized spacial score (nSPS) is 18.5. The zero-order valence-electron chi connectivity index (χ0n) is 25.4. The number of nitrogens with one attached hydrogen (secondary N) is 1. The summed E-state index contributed by atoms with van der Waals surface area (Å²) in [6.07, 6.45) is -0.612. The lowest BCUT2D eigenvalue weighted by atomic mass is 9.93. The Morgan fingerprint density at radius 1 is 0.925 bits per heavy atom. The summed E-state index contributed by atoms with van der Waals surface area (Å²) in [4.78, 5) is 52.6. The first-order valence-corrected chi connectivity index (χ1v) is 13.8. The molecule has 0 spiro atoms. The van der Waals surface area contributed by atoms with Gasteiger partial charge in [0.1, 0.15) is 29.9 Å². The number of cyclic esters (lactones) is 1. The zero-order chi connectivity index (χ0) is 30.3. The topological polar surface area (TPSA) is 120 Å². The number of unbranched alkanes of at least 4 members (excludes halogenated alkanes) is 1. The minimum absolute atomic E-state index is 0.0713. The van der Waals surface area contributed by atoms with Crippen LogP contribution >= 0.6 is 0 Å². The van der Waals surface area contributed by atoms with Crippen LogP contribution in [0.3, 0.4) is 0 Å². The van der Waals surface area contributed by atoms with Crippen LogP contribution < -0.4 is 5.32 Å². The van der Waals surface area contributed by atoms with Crippen molar-refractivity contribution in [2.75, 3.05) is 0 Å². The van der Waals surface area contributed by atoms with E-state index in [9.17, 15) is 19.2 Å². The number of amides is 2. The Hall–Kier alpha value is -3.30. The van der Waals surface area contributed by atoms with Gasteiger partial charge in [-0.05, 0) is 59.9 Å². The molecule has 1 N–H and O–H groups in total. The van der Waals surface area contributed by atoms with Crippen LogP contribution in [0.15, 0.2) is 30.3 Å². The van der Waals surface area contributed by atoms with Crippen molar-refractivity contribution in [3.05, 3.63) is 35.9 Å². The number of benzene rings is 1. The maximum atomic E-state index is 13.2. The largest absolute Gasteiger partial charge is 0.458 e. The number of hydrogen-bond donors (Lipinski definition) is 1. The van der Waals surface area contributed by atoms with Crippen molar-refractivity contribution in [2.45, 2.75) is 124 Å². The number of carbonyl (C=O) groups excluding carboxylic acids is 4. The van der Waals surface area contributed by atoms with Crippen molar-refractivity contribution in [3.8, 4) is 0 Å². The molecule has 1 aromatic rings. The van der Waals surface area contributed by atoms with Gasteiger partial charge in [0.2, 0.25) is 0 Å². The number of rotatable bonds is 9. The molecule has 224 valence electrons. The molecule has 2 amide bonds. The van der Waals surface area contributed by atoms with Gasteiger partial charge in [-0.25, -0.2) is 19.2 Å². The van der Waals surface area contributed by atoms with Crippen LogP contribution in [0.2, 0.25) is 0 Å². The lowest BCUT2D eigenvalue weighted by molar-refractivity contribution is -0.157. The summed E-state index contributed by atoms with van der Waals surface area (Å²) < 4.78 is 22.0. The Balaban J connectivity index is 2.07. The van der Waals surface area contributed by atoms with E-state index in [4.69, 9.17) is 18.9 Å². The van der Waals surface area contributed by atoms with Crippen molar-refractivity contribution in [2.24, 2.45) is 5.41 Å². The van der Waals surface area contributed by atoms with Crippen molar-refractivity contribution in [3.63, 3.8) is 0 Å². The van der Waals surface area contributed by atoms with Crippen molar-refractivity contribution in [1.29, 1.82) is 0 Å². The molecule has 1 heterocycles. The van der Waals surface area contributed by atoms with Crippen LogP contribution in [-0.4, -0.2) is 58.5 Å². The smallest absolute Gasteiger partial charge is 0.413 e. The average molecular weight is 563 g/mol. The van der Waals surface area contributed by atoms with Crippen molar-refractivity contribution in [1.82, 2.24) is 10.2 Å². The molecule has 3 atom stereocenters. The van der Waals surface area contributed by atoms with Gasteiger partial charge in [-0.15, -0.1) is 0 Å². The molecule has 1 aliphatic rings. The van der Waals surface area contributed by atoms with E-state index in [1.54, 1.807) is 41.5 Å². The predicted molar refractivity (Wildman–Crippen MR) is 149 cm³/mol. The molecule has 1 aromatic carbocycles. The van der Waals surface area contributed by atoms with Crippen molar-refractivity contribution >= 4 is 24.1 Å². The summed E-state index contributed by atoms with van der Waals surface area (Å²) in [5.74, 6) is -1.07. The highest BCUT2D eigenvalue weighted by atomic mass is 16.6. The van der Waals surface area contributed by atoms with E-state index in [-0.39, 0.29) is 13.0 Å². The Bertz CT molecular complexity index is 1020. The third kappa shape index (κ3) is 10.7. The van der Waals surface area contributed by atoms with E-state index in [0.717, 1.165) is 5.56 Å². The summed E-state index contributed by atoms with van der Waals surface area (Å²) in [5, 5.41) is 2.61. The SMILES string of the molecule is CC(C)(C)OC(=O)N[C@@H](CCCC[C@H]1C(=O)O[C@@H](C(C)(C)C)N1C(=O)OCc1ccccc1)C(=O)OC(C)(C)C. The predicted octanol–water partition coefficient (Wildman–Crippen LogP) is 5.72. The second-order valence-corrected chi connectivity index (χ2v) is 13.1. The number of ether oxygens (including phenoxy) is 4. The van der Waals surface area contributed by atoms with Crippen LogP contribution in [-0.2, 0) is 35.1 Å². The molecule has 1 saturated heterocycles. The highest BCUT2D eigenvalue weighted by Crippen LogP contribution is 2.35. The lowest BCUT2D eigenvalue weighted by Gasteiger charge is -2.33. The highest BCUT2D eigenvalue weighted by molar-refractivity contribution is 5.84. The second-order valence-electron chi connectivity index (χ2n) is 13.1. The quantitative estimate of drug-likeness (QED) is 0.231. The molecule has 0 aliphatic carbocycles. The van der Waals surface area contributed by atoms with E-state index in [2.05, 4.69) is 5.32 Å². The molecule has 1 fully saturated rings. The fourth-order valence-electron chi connectivity index (χ4n) is 4.15. The van der Waals surface area contributed by atoms with E-state index >= 15 is 0 Å².